The summed E-state index contributed by atoms with van der Waals surface area (Å²) in [6, 6.07) is 6.51. The van der Waals surface area contributed by atoms with E-state index >= 15 is 0 Å². The van der Waals surface area contributed by atoms with Gasteiger partial charge >= 0.3 is 6.09 Å². The fourth-order valence-electron chi connectivity index (χ4n) is 2.67. The number of amides is 1. The summed E-state index contributed by atoms with van der Waals surface area (Å²) in [6.45, 7) is 7.54. The topological polar surface area (TPSA) is 50.7 Å². The zero-order valence-corrected chi connectivity index (χ0v) is 14.0. The summed E-state index contributed by atoms with van der Waals surface area (Å²) >= 11 is 0. The first-order chi connectivity index (χ1) is 10.4. The molecule has 4 nitrogen and oxygen atoms in total. The Bertz CT molecular complexity index is 571. The smallest absolute Gasteiger partial charge is 0.428 e. The molecular weight excluding hydrogens is 276 g/mol. The zero-order valence-electron chi connectivity index (χ0n) is 14.0. The quantitative estimate of drug-likeness (QED) is 0.672. The molecule has 0 unspecified atom stereocenters. The van der Waals surface area contributed by atoms with Crippen molar-refractivity contribution < 1.29 is 9.53 Å². The van der Waals surface area contributed by atoms with Crippen LogP contribution >= 0.6 is 0 Å². The molecule has 1 aliphatic rings. The lowest BCUT2D eigenvalue weighted by Gasteiger charge is -2.19. The molecular formula is C18H26N2O2. The van der Waals surface area contributed by atoms with Crippen molar-refractivity contribution >= 4 is 11.8 Å². The molecule has 120 valence electrons. The highest BCUT2D eigenvalue weighted by molar-refractivity contribution is 6.01. The monoisotopic (exact) mass is 302 g/mol. The first-order valence-corrected chi connectivity index (χ1v) is 8.07. The Labute approximate surface area is 132 Å². The van der Waals surface area contributed by atoms with Gasteiger partial charge < -0.3 is 4.74 Å². The summed E-state index contributed by atoms with van der Waals surface area (Å²) < 4.78 is 5.20. The molecule has 4 heteroatoms. The van der Waals surface area contributed by atoms with Gasteiger partial charge in [-0.05, 0) is 75.6 Å². The lowest BCUT2D eigenvalue weighted by atomic mass is 9.89. The number of hydrogen-bond acceptors (Lipinski definition) is 3. The number of carbonyl (C=O) groups is 1. The molecule has 0 saturated carbocycles. The number of carbonyl (C=O) groups excluding carboxylic acids is 1. The molecule has 0 radical (unpaired) electrons. The van der Waals surface area contributed by atoms with Crippen LogP contribution < -0.4 is 5.43 Å². The Hall–Kier alpha value is -1.84. The third-order valence-electron chi connectivity index (χ3n) is 3.70. The highest BCUT2D eigenvalue weighted by Crippen LogP contribution is 2.22. The summed E-state index contributed by atoms with van der Waals surface area (Å²) in [5.41, 5.74) is 6.80. The first-order valence-electron chi connectivity index (χ1n) is 8.07. The van der Waals surface area contributed by atoms with Crippen molar-refractivity contribution in [2.45, 2.75) is 65.4 Å². The van der Waals surface area contributed by atoms with Gasteiger partial charge in [0.2, 0.25) is 0 Å². The number of rotatable bonds is 3. The summed E-state index contributed by atoms with van der Waals surface area (Å²) in [5, 5.41) is 4.24. The molecule has 1 aliphatic carbocycles. The Morgan fingerprint density at radius 1 is 1.23 bits per heavy atom. The zero-order chi connectivity index (χ0) is 16.2. The van der Waals surface area contributed by atoms with Gasteiger partial charge in [-0.25, -0.2) is 10.2 Å². The summed E-state index contributed by atoms with van der Waals surface area (Å²) in [6.07, 6.45) is 5.09. The van der Waals surface area contributed by atoms with E-state index < -0.39 is 11.7 Å². The number of benzene rings is 1. The normalized spacial score (nSPS) is 15.2. The van der Waals surface area contributed by atoms with Crippen molar-refractivity contribution in [1.29, 1.82) is 0 Å². The Balaban J connectivity index is 2.10. The number of hydrogen-bond donors (Lipinski definition) is 1. The third-order valence-corrected chi connectivity index (χ3v) is 3.70. The predicted octanol–water partition coefficient (Wildman–Crippen LogP) is 4.20. The number of fused-ring (bicyclic) bond motifs is 1. The Morgan fingerprint density at radius 3 is 2.55 bits per heavy atom. The number of nitrogens with one attached hydrogen (secondary N) is 1. The van der Waals surface area contributed by atoms with Gasteiger partial charge in [-0.3, -0.25) is 0 Å². The van der Waals surface area contributed by atoms with E-state index in [9.17, 15) is 4.79 Å². The molecule has 0 heterocycles. The van der Waals surface area contributed by atoms with Crippen molar-refractivity contribution in [3.8, 4) is 0 Å². The van der Waals surface area contributed by atoms with Crippen molar-refractivity contribution in [3.05, 3.63) is 34.9 Å². The summed E-state index contributed by atoms with van der Waals surface area (Å²) in [4.78, 5) is 11.7. The minimum Gasteiger partial charge on any atom is -0.443 e. The second-order valence-electron chi connectivity index (χ2n) is 6.72. The average molecular weight is 302 g/mol. The Kier molecular flexibility index (Phi) is 5.22. The second-order valence-corrected chi connectivity index (χ2v) is 6.72. The van der Waals surface area contributed by atoms with E-state index in [1.165, 1.54) is 30.4 Å². The molecule has 1 aromatic carbocycles. The van der Waals surface area contributed by atoms with Crippen LogP contribution in [0, 0.1) is 0 Å². The van der Waals surface area contributed by atoms with E-state index in [-0.39, 0.29) is 0 Å². The molecule has 0 bridgehead atoms. The maximum Gasteiger partial charge on any atom is 0.428 e. The van der Waals surface area contributed by atoms with E-state index in [1.807, 2.05) is 27.7 Å². The second kappa shape index (κ2) is 6.95. The third kappa shape index (κ3) is 4.58. The van der Waals surface area contributed by atoms with Crippen LogP contribution in [0.5, 0.6) is 0 Å². The number of aryl methyl sites for hydroxylation is 2. The minimum absolute atomic E-state index is 0.516. The highest BCUT2D eigenvalue weighted by Gasteiger charge is 2.16. The SMILES string of the molecule is CC/C(=N\NC(=O)OC(C)(C)C)c1ccc2c(c1)CCCC2. The highest BCUT2D eigenvalue weighted by atomic mass is 16.6. The van der Waals surface area contributed by atoms with Crippen LogP contribution in [0.4, 0.5) is 4.79 Å². The number of nitrogens with zero attached hydrogens (tertiary/aromatic N) is 1. The van der Waals surface area contributed by atoms with Crippen LogP contribution in [-0.4, -0.2) is 17.4 Å². The maximum absolute atomic E-state index is 11.7. The van der Waals surface area contributed by atoms with Crippen molar-refractivity contribution in [2.75, 3.05) is 0 Å². The standard InChI is InChI=1S/C18H26N2O2/c1-5-16(19-20-17(21)22-18(2,3)4)15-11-10-13-8-6-7-9-14(13)12-15/h10-12H,5-9H2,1-4H3,(H,20,21)/b19-16+. The lowest BCUT2D eigenvalue weighted by molar-refractivity contribution is 0.0529. The molecule has 2 rings (SSSR count). The van der Waals surface area contributed by atoms with Gasteiger partial charge in [-0.15, -0.1) is 0 Å². The molecule has 0 spiro atoms. The fourth-order valence-corrected chi connectivity index (χ4v) is 2.67. The summed E-state index contributed by atoms with van der Waals surface area (Å²) in [7, 11) is 0. The average Bonchev–Trinajstić information content (AvgIpc) is 2.46. The molecule has 0 atom stereocenters. The maximum atomic E-state index is 11.7. The minimum atomic E-state index is -0.517. The van der Waals surface area contributed by atoms with Crippen molar-refractivity contribution in [1.82, 2.24) is 5.43 Å². The predicted molar refractivity (Wildman–Crippen MR) is 89.3 cm³/mol. The molecule has 1 N–H and O–H groups in total. The van der Waals surface area contributed by atoms with Gasteiger partial charge in [0, 0.05) is 0 Å². The van der Waals surface area contributed by atoms with Gasteiger partial charge in [0.1, 0.15) is 5.60 Å². The van der Waals surface area contributed by atoms with Crippen LogP contribution in [0.15, 0.2) is 23.3 Å². The van der Waals surface area contributed by atoms with Crippen LogP contribution in [0.1, 0.15) is 63.6 Å². The van der Waals surface area contributed by atoms with Gasteiger partial charge in [-0.1, -0.05) is 19.1 Å². The number of hydrazone groups is 1. The van der Waals surface area contributed by atoms with Crippen molar-refractivity contribution in [3.63, 3.8) is 0 Å². The van der Waals surface area contributed by atoms with E-state index in [2.05, 4.69) is 28.7 Å². The fraction of sp³-hybridized carbons (Fsp3) is 0.556. The lowest BCUT2D eigenvalue weighted by Crippen LogP contribution is -2.30. The van der Waals surface area contributed by atoms with Gasteiger partial charge in [-0.2, -0.15) is 5.10 Å². The molecule has 1 aromatic rings. The molecule has 0 saturated heterocycles. The van der Waals surface area contributed by atoms with Gasteiger partial charge in [0.05, 0.1) is 5.71 Å². The van der Waals surface area contributed by atoms with Crippen LogP contribution in [-0.2, 0) is 17.6 Å². The Morgan fingerprint density at radius 2 is 1.91 bits per heavy atom. The largest absolute Gasteiger partial charge is 0.443 e. The molecule has 1 amide bonds. The summed E-state index contributed by atoms with van der Waals surface area (Å²) in [5.74, 6) is 0. The van der Waals surface area contributed by atoms with E-state index in [1.54, 1.807) is 0 Å². The first kappa shape index (κ1) is 16.5. The molecule has 22 heavy (non-hydrogen) atoms. The van der Waals surface area contributed by atoms with E-state index in [0.29, 0.717) is 0 Å². The van der Waals surface area contributed by atoms with Crippen LogP contribution in [0.2, 0.25) is 0 Å². The number of ether oxygens (including phenoxy) is 1. The van der Waals surface area contributed by atoms with E-state index in [4.69, 9.17) is 4.74 Å². The molecule has 0 fully saturated rings. The molecule has 0 aliphatic heterocycles. The molecule has 0 aromatic heterocycles. The van der Waals surface area contributed by atoms with Gasteiger partial charge in [0.25, 0.3) is 0 Å². The van der Waals surface area contributed by atoms with Crippen molar-refractivity contribution in [2.24, 2.45) is 5.10 Å². The van der Waals surface area contributed by atoms with Crippen LogP contribution in [0.3, 0.4) is 0 Å². The van der Waals surface area contributed by atoms with Crippen LogP contribution in [0.25, 0.3) is 0 Å². The van der Waals surface area contributed by atoms with E-state index in [0.717, 1.165) is 24.1 Å². The van der Waals surface area contributed by atoms with Gasteiger partial charge in [0.15, 0.2) is 0 Å².